The minimum absolute atomic E-state index is 0.110. The highest BCUT2D eigenvalue weighted by atomic mass is 35.5. The highest BCUT2D eigenvalue weighted by Crippen LogP contribution is 2.35. The Hall–Kier alpha value is -2.32. The van der Waals surface area contributed by atoms with Crippen LogP contribution < -0.4 is 5.32 Å². The Kier molecular flexibility index (Phi) is 5.30. The lowest BCUT2D eigenvalue weighted by Crippen LogP contribution is -2.14. The zero-order valence-corrected chi connectivity index (χ0v) is 12.8. The fourth-order valence-corrected chi connectivity index (χ4v) is 2.14. The predicted octanol–water partition coefficient (Wildman–Crippen LogP) is 4.41. The van der Waals surface area contributed by atoms with Crippen molar-refractivity contribution >= 4 is 23.0 Å². The van der Waals surface area contributed by atoms with Crippen LogP contribution in [0.1, 0.15) is 17.2 Å². The summed E-state index contributed by atoms with van der Waals surface area (Å²) in [7, 11) is 0. The third kappa shape index (κ3) is 4.36. The predicted molar refractivity (Wildman–Crippen MR) is 83.0 cm³/mol. The third-order valence-electron chi connectivity index (χ3n) is 3.26. The minimum atomic E-state index is -4.67. The van der Waals surface area contributed by atoms with Crippen molar-refractivity contribution in [3.8, 4) is 0 Å². The van der Waals surface area contributed by atoms with Gasteiger partial charge in [0.15, 0.2) is 0 Å². The van der Waals surface area contributed by atoms with Crippen LogP contribution >= 0.6 is 11.6 Å². The Labute approximate surface area is 139 Å². The van der Waals surface area contributed by atoms with E-state index in [1.807, 2.05) is 0 Å². The van der Waals surface area contributed by atoms with Crippen LogP contribution in [-0.4, -0.2) is 16.6 Å². The normalized spacial score (nSPS) is 12.7. The monoisotopic (exact) mass is 360 g/mol. The van der Waals surface area contributed by atoms with Gasteiger partial charge in [-0.2, -0.15) is 13.2 Å². The Morgan fingerprint density at radius 3 is 2.38 bits per heavy atom. The van der Waals surface area contributed by atoms with Crippen LogP contribution in [0.5, 0.6) is 0 Å². The standard InChI is InChI=1S/C15H12ClF3N2O3/c16-11-4-1-9(2-5-11)14(22)8-20-12-6-3-10(15(17,18)19)7-13(12)21(23)24/h1-7,14,20,22H,8H2/t14-/m1/s1. The molecule has 2 aromatic carbocycles. The molecule has 9 heteroatoms. The lowest BCUT2D eigenvalue weighted by Gasteiger charge is -2.14. The highest BCUT2D eigenvalue weighted by molar-refractivity contribution is 6.30. The van der Waals surface area contributed by atoms with Gasteiger partial charge in [-0.25, -0.2) is 0 Å². The van der Waals surface area contributed by atoms with E-state index in [1.165, 1.54) is 0 Å². The lowest BCUT2D eigenvalue weighted by molar-refractivity contribution is -0.384. The van der Waals surface area contributed by atoms with Crippen molar-refractivity contribution in [2.75, 3.05) is 11.9 Å². The van der Waals surface area contributed by atoms with Crippen molar-refractivity contribution < 1.29 is 23.2 Å². The molecule has 0 radical (unpaired) electrons. The van der Waals surface area contributed by atoms with Crippen LogP contribution in [0.15, 0.2) is 42.5 Å². The van der Waals surface area contributed by atoms with Crippen LogP contribution in [0.25, 0.3) is 0 Å². The van der Waals surface area contributed by atoms with Gasteiger partial charge in [0.1, 0.15) is 5.69 Å². The zero-order chi connectivity index (χ0) is 17.9. The molecule has 2 aromatic rings. The van der Waals surface area contributed by atoms with Gasteiger partial charge in [-0.3, -0.25) is 10.1 Å². The van der Waals surface area contributed by atoms with Gasteiger partial charge in [-0.15, -0.1) is 0 Å². The van der Waals surface area contributed by atoms with Crippen molar-refractivity contribution in [3.63, 3.8) is 0 Å². The Balaban J connectivity index is 2.17. The SMILES string of the molecule is O=[N+]([O-])c1cc(C(F)(F)F)ccc1NC[C@@H](O)c1ccc(Cl)cc1. The quantitative estimate of drug-likeness (QED) is 0.611. The molecule has 24 heavy (non-hydrogen) atoms. The maximum absolute atomic E-state index is 12.6. The number of anilines is 1. The molecule has 128 valence electrons. The number of hydrogen-bond donors (Lipinski definition) is 2. The van der Waals surface area contributed by atoms with E-state index >= 15 is 0 Å². The molecule has 2 rings (SSSR count). The topological polar surface area (TPSA) is 75.4 Å². The maximum Gasteiger partial charge on any atom is 0.416 e. The Morgan fingerprint density at radius 1 is 1.21 bits per heavy atom. The van der Waals surface area contributed by atoms with Crippen molar-refractivity contribution in [3.05, 3.63) is 68.7 Å². The number of nitrogens with zero attached hydrogens (tertiary/aromatic N) is 1. The molecule has 0 heterocycles. The summed E-state index contributed by atoms with van der Waals surface area (Å²) in [4.78, 5) is 10.1. The molecule has 0 saturated carbocycles. The summed E-state index contributed by atoms with van der Waals surface area (Å²) in [5.74, 6) is 0. The van der Waals surface area contributed by atoms with Crippen LogP contribution in [0.3, 0.4) is 0 Å². The largest absolute Gasteiger partial charge is 0.416 e. The molecular formula is C15H12ClF3N2O3. The summed E-state index contributed by atoms with van der Waals surface area (Å²) in [6.45, 7) is -0.117. The number of hydrogen-bond acceptors (Lipinski definition) is 4. The van der Waals surface area contributed by atoms with Crippen LogP contribution in [0.4, 0.5) is 24.5 Å². The summed E-state index contributed by atoms with van der Waals surface area (Å²) in [5.41, 5.74) is -1.42. The van der Waals surface area contributed by atoms with E-state index in [-0.39, 0.29) is 12.2 Å². The zero-order valence-electron chi connectivity index (χ0n) is 12.0. The second-order valence-electron chi connectivity index (χ2n) is 4.94. The maximum atomic E-state index is 12.6. The number of aliphatic hydroxyl groups excluding tert-OH is 1. The molecule has 0 unspecified atom stereocenters. The van der Waals surface area contributed by atoms with E-state index in [9.17, 15) is 28.4 Å². The van der Waals surface area contributed by atoms with E-state index in [0.29, 0.717) is 16.7 Å². The number of nitro benzene ring substituents is 1. The highest BCUT2D eigenvalue weighted by Gasteiger charge is 2.33. The van der Waals surface area contributed by atoms with Crippen molar-refractivity contribution in [1.29, 1.82) is 0 Å². The molecule has 1 atom stereocenters. The van der Waals surface area contributed by atoms with Gasteiger partial charge in [0, 0.05) is 17.6 Å². The number of benzene rings is 2. The molecule has 0 aliphatic rings. The Bertz CT molecular complexity index is 736. The molecule has 0 saturated heterocycles. The van der Waals surface area contributed by atoms with E-state index in [1.54, 1.807) is 24.3 Å². The summed E-state index contributed by atoms with van der Waals surface area (Å²) < 4.78 is 37.9. The second-order valence-corrected chi connectivity index (χ2v) is 5.37. The lowest BCUT2D eigenvalue weighted by atomic mass is 10.1. The Morgan fingerprint density at radius 2 is 1.83 bits per heavy atom. The molecule has 0 amide bonds. The van der Waals surface area contributed by atoms with Gasteiger partial charge < -0.3 is 10.4 Å². The van der Waals surface area contributed by atoms with E-state index in [4.69, 9.17) is 11.6 Å². The number of nitrogens with one attached hydrogen (secondary N) is 1. The van der Waals surface area contributed by atoms with Gasteiger partial charge >= 0.3 is 6.18 Å². The first-order valence-electron chi connectivity index (χ1n) is 6.71. The molecule has 0 aliphatic heterocycles. The summed E-state index contributed by atoms with van der Waals surface area (Å²) in [6, 6.07) is 8.46. The fraction of sp³-hybridized carbons (Fsp3) is 0.200. The molecule has 0 bridgehead atoms. The number of alkyl halides is 3. The van der Waals surface area contributed by atoms with Crippen LogP contribution in [0.2, 0.25) is 5.02 Å². The number of aliphatic hydroxyl groups is 1. The van der Waals surface area contributed by atoms with Crippen molar-refractivity contribution in [2.24, 2.45) is 0 Å². The first kappa shape index (κ1) is 18.0. The van der Waals surface area contributed by atoms with Crippen LogP contribution in [0, 0.1) is 10.1 Å². The molecular weight excluding hydrogens is 349 g/mol. The number of halogens is 4. The molecule has 2 N–H and O–H groups in total. The molecule has 0 aliphatic carbocycles. The second kappa shape index (κ2) is 7.06. The molecule has 0 fully saturated rings. The van der Waals surface area contributed by atoms with Gasteiger partial charge in [0.05, 0.1) is 16.6 Å². The molecule has 5 nitrogen and oxygen atoms in total. The third-order valence-corrected chi connectivity index (χ3v) is 3.51. The van der Waals surface area contributed by atoms with E-state index in [2.05, 4.69) is 5.32 Å². The van der Waals surface area contributed by atoms with E-state index in [0.717, 1.165) is 12.1 Å². The van der Waals surface area contributed by atoms with Gasteiger partial charge in [-0.1, -0.05) is 23.7 Å². The summed E-state index contributed by atoms with van der Waals surface area (Å²) >= 11 is 5.73. The van der Waals surface area contributed by atoms with Gasteiger partial charge in [0.2, 0.25) is 0 Å². The number of nitro groups is 1. The average Bonchev–Trinajstić information content (AvgIpc) is 2.52. The minimum Gasteiger partial charge on any atom is -0.387 e. The smallest absolute Gasteiger partial charge is 0.387 e. The van der Waals surface area contributed by atoms with Gasteiger partial charge in [-0.05, 0) is 29.8 Å². The summed E-state index contributed by atoms with van der Waals surface area (Å²) in [5, 5.41) is 24.1. The fourth-order valence-electron chi connectivity index (χ4n) is 2.02. The molecule has 0 aromatic heterocycles. The first-order chi connectivity index (χ1) is 11.2. The summed E-state index contributed by atoms with van der Waals surface area (Å²) in [6.07, 6.45) is -5.68. The van der Waals surface area contributed by atoms with Crippen molar-refractivity contribution in [1.82, 2.24) is 0 Å². The van der Waals surface area contributed by atoms with Crippen molar-refractivity contribution in [2.45, 2.75) is 12.3 Å². The average molecular weight is 361 g/mol. The number of rotatable bonds is 5. The van der Waals surface area contributed by atoms with Crippen LogP contribution in [-0.2, 0) is 6.18 Å². The van der Waals surface area contributed by atoms with E-state index < -0.39 is 28.5 Å². The molecule has 0 spiro atoms. The van der Waals surface area contributed by atoms with Gasteiger partial charge in [0.25, 0.3) is 5.69 Å². The first-order valence-corrected chi connectivity index (χ1v) is 7.09.